The van der Waals surface area contributed by atoms with Gasteiger partial charge in [-0.3, -0.25) is 4.72 Å². The summed E-state index contributed by atoms with van der Waals surface area (Å²) in [4.78, 5) is -0.197. The molecule has 4 nitrogen and oxygen atoms in total. The maximum absolute atomic E-state index is 13.6. The highest BCUT2D eigenvalue weighted by Gasteiger charge is 2.18. The Morgan fingerprint density at radius 3 is 2.50 bits per heavy atom. The highest BCUT2D eigenvalue weighted by atomic mass is 127. The molecule has 20 heavy (non-hydrogen) atoms. The van der Waals surface area contributed by atoms with Crippen molar-refractivity contribution in [1.82, 2.24) is 0 Å². The van der Waals surface area contributed by atoms with Crippen molar-refractivity contribution in [1.29, 1.82) is 0 Å². The molecule has 0 heterocycles. The van der Waals surface area contributed by atoms with E-state index in [9.17, 15) is 12.8 Å². The van der Waals surface area contributed by atoms with E-state index in [0.717, 1.165) is 9.64 Å². The molecule has 3 N–H and O–H groups in total. The molecule has 2 aromatic rings. The zero-order chi connectivity index (χ0) is 14.9. The second kappa shape index (κ2) is 5.57. The SMILES string of the molecule is Cc1c(N)cc(S(=O)(=O)Nc2ccccc2I)cc1F. The molecule has 0 aromatic heterocycles. The number of anilines is 2. The minimum atomic E-state index is -3.87. The predicted octanol–water partition coefficient (Wildman–Crippen LogP) is 3.12. The fraction of sp³-hybridized carbons (Fsp3) is 0.0769. The molecule has 0 spiro atoms. The van der Waals surface area contributed by atoms with E-state index in [1.54, 1.807) is 24.3 Å². The van der Waals surface area contributed by atoms with Gasteiger partial charge in [-0.05, 0) is 53.8 Å². The summed E-state index contributed by atoms with van der Waals surface area (Å²) in [5, 5.41) is 0. The Labute approximate surface area is 130 Å². The van der Waals surface area contributed by atoms with Crippen LogP contribution in [0.2, 0.25) is 0 Å². The van der Waals surface area contributed by atoms with Crippen LogP contribution >= 0.6 is 22.6 Å². The van der Waals surface area contributed by atoms with Gasteiger partial charge in [0.1, 0.15) is 5.82 Å². The Balaban J connectivity index is 2.44. The minimum Gasteiger partial charge on any atom is -0.398 e. The van der Waals surface area contributed by atoms with Gasteiger partial charge in [0, 0.05) is 14.8 Å². The number of hydrogen-bond acceptors (Lipinski definition) is 3. The molecule has 0 unspecified atom stereocenters. The van der Waals surface area contributed by atoms with Gasteiger partial charge in [-0.25, -0.2) is 12.8 Å². The average Bonchev–Trinajstić information content (AvgIpc) is 2.38. The molecular weight excluding hydrogens is 394 g/mol. The zero-order valence-corrected chi connectivity index (χ0v) is 13.5. The van der Waals surface area contributed by atoms with Crippen molar-refractivity contribution >= 4 is 44.0 Å². The highest BCUT2D eigenvalue weighted by Crippen LogP contribution is 2.25. The van der Waals surface area contributed by atoms with Gasteiger partial charge in [0.15, 0.2) is 0 Å². The van der Waals surface area contributed by atoms with Crippen LogP contribution in [-0.2, 0) is 10.0 Å². The van der Waals surface area contributed by atoms with Crippen molar-refractivity contribution in [2.45, 2.75) is 11.8 Å². The predicted molar refractivity (Wildman–Crippen MR) is 85.5 cm³/mol. The van der Waals surface area contributed by atoms with Crippen LogP contribution in [0.15, 0.2) is 41.3 Å². The van der Waals surface area contributed by atoms with E-state index in [1.807, 2.05) is 22.6 Å². The van der Waals surface area contributed by atoms with E-state index in [-0.39, 0.29) is 16.1 Å². The summed E-state index contributed by atoms with van der Waals surface area (Å²) >= 11 is 2.01. The number of halogens is 2. The average molecular weight is 406 g/mol. The maximum Gasteiger partial charge on any atom is 0.262 e. The van der Waals surface area contributed by atoms with E-state index >= 15 is 0 Å². The third-order valence-corrected chi connectivity index (χ3v) is 5.07. The van der Waals surface area contributed by atoms with Crippen molar-refractivity contribution < 1.29 is 12.8 Å². The first kappa shape index (κ1) is 15.0. The van der Waals surface area contributed by atoms with Gasteiger partial charge >= 0.3 is 0 Å². The van der Waals surface area contributed by atoms with Gasteiger partial charge < -0.3 is 5.73 Å². The second-order valence-electron chi connectivity index (χ2n) is 4.20. The van der Waals surface area contributed by atoms with Crippen LogP contribution in [0.25, 0.3) is 0 Å². The van der Waals surface area contributed by atoms with E-state index in [1.165, 1.54) is 13.0 Å². The molecule has 2 rings (SSSR count). The molecule has 0 bridgehead atoms. The van der Waals surface area contributed by atoms with Gasteiger partial charge in [-0.1, -0.05) is 12.1 Å². The number of benzene rings is 2. The Morgan fingerprint density at radius 2 is 1.90 bits per heavy atom. The molecule has 0 saturated carbocycles. The standard InChI is InChI=1S/C13H12FIN2O2S/c1-8-10(14)6-9(7-12(8)16)20(18,19)17-13-5-3-2-4-11(13)15/h2-7,17H,16H2,1H3. The molecule has 0 saturated heterocycles. The number of sulfonamides is 1. The molecule has 0 aliphatic rings. The fourth-order valence-electron chi connectivity index (χ4n) is 1.58. The lowest BCUT2D eigenvalue weighted by Gasteiger charge is -2.11. The van der Waals surface area contributed by atoms with Gasteiger partial charge in [0.2, 0.25) is 0 Å². The Morgan fingerprint density at radius 1 is 1.25 bits per heavy atom. The first-order valence-electron chi connectivity index (χ1n) is 5.64. The molecule has 0 radical (unpaired) electrons. The van der Waals surface area contributed by atoms with Crippen molar-refractivity contribution in [3.8, 4) is 0 Å². The number of nitrogens with one attached hydrogen (secondary N) is 1. The van der Waals surface area contributed by atoms with Crippen LogP contribution < -0.4 is 10.5 Å². The minimum absolute atomic E-state index is 0.105. The summed E-state index contributed by atoms with van der Waals surface area (Å²) < 4.78 is 41.2. The summed E-state index contributed by atoms with van der Waals surface area (Å²) in [6, 6.07) is 9.11. The molecule has 0 aliphatic carbocycles. The Bertz CT molecular complexity index is 740. The molecule has 0 atom stereocenters. The quantitative estimate of drug-likeness (QED) is 0.608. The lowest BCUT2D eigenvalue weighted by Crippen LogP contribution is -2.14. The van der Waals surface area contributed by atoms with Crippen LogP contribution in [0.5, 0.6) is 0 Å². The monoisotopic (exact) mass is 406 g/mol. The van der Waals surface area contributed by atoms with Crippen LogP contribution in [-0.4, -0.2) is 8.42 Å². The largest absolute Gasteiger partial charge is 0.398 e. The third-order valence-electron chi connectivity index (χ3n) is 2.79. The smallest absolute Gasteiger partial charge is 0.262 e. The summed E-state index contributed by atoms with van der Waals surface area (Å²) in [6.45, 7) is 1.49. The van der Waals surface area contributed by atoms with Gasteiger partial charge in [0.25, 0.3) is 10.0 Å². The van der Waals surface area contributed by atoms with Gasteiger partial charge in [-0.2, -0.15) is 0 Å². The van der Waals surface area contributed by atoms with Crippen molar-refractivity contribution in [3.05, 3.63) is 51.3 Å². The molecule has 0 amide bonds. The number of rotatable bonds is 3. The van der Waals surface area contributed by atoms with Crippen LogP contribution in [0.3, 0.4) is 0 Å². The lowest BCUT2D eigenvalue weighted by atomic mass is 10.2. The van der Waals surface area contributed by atoms with Crippen molar-refractivity contribution in [2.75, 3.05) is 10.5 Å². The molecule has 0 aliphatic heterocycles. The first-order valence-corrected chi connectivity index (χ1v) is 8.20. The fourth-order valence-corrected chi connectivity index (χ4v) is 3.41. The summed E-state index contributed by atoms with van der Waals surface area (Å²) in [5.41, 5.74) is 6.38. The number of hydrogen-bond donors (Lipinski definition) is 2. The lowest BCUT2D eigenvalue weighted by molar-refractivity contribution is 0.593. The zero-order valence-electron chi connectivity index (χ0n) is 10.5. The summed E-state index contributed by atoms with van der Waals surface area (Å²) in [5.74, 6) is -0.645. The number of nitrogens with two attached hydrogens (primary N) is 1. The normalized spacial score (nSPS) is 11.3. The summed E-state index contributed by atoms with van der Waals surface area (Å²) in [7, 11) is -3.87. The van der Waals surface area contributed by atoms with Crippen LogP contribution in [0.1, 0.15) is 5.56 Å². The van der Waals surface area contributed by atoms with Crippen molar-refractivity contribution in [2.24, 2.45) is 0 Å². The highest BCUT2D eigenvalue weighted by molar-refractivity contribution is 14.1. The number of nitrogen functional groups attached to an aromatic ring is 1. The molecule has 106 valence electrons. The third kappa shape index (κ3) is 3.04. The summed E-state index contributed by atoms with van der Waals surface area (Å²) in [6.07, 6.45) is 0. The van der Waals surface area contributed by atoms with E-state index in [2.05, 4.69) is 4.72 Å². The maximum atomic E-state index is 13.6. The van der Waals surface area contributed by atoms with Crippen LogP contribution in [0.4, 0.5) is 15.8 Å². The molecule has 7 heteroatoms. The van der Waals surface area contributed by atoms with E-state index in [4.69, 9.17) is 5.73 Å². The van der Waals surface area contributed by atoms with Gasteiger partial charge in [-0.15, -0.1) is 0 Å². The van der Waals surface area contributed by atoms with E-state index < -0.39 is 15.8 Å². The molecular formula is C13H12FIN2O2S. The molecule has 2 aromatic carbocycles. The molecule has 0 fully saturated rings. The van der Waals surface area contributed by atoms with E-state index in [0.29, 0.717) is 5.69 Å². The Hall–Kier alpha value is -1.35. The number of para-hydroxylation sites is 1. The van der Waals surface area contributed by atoms with Crippen LogP contribution in [0, 0.1) is 16.3 Å². The van der Waals surface area contributed by atoms with Crippen molar-refractivity contribution in [3.63, 3.8) is 0 Å². The topological polar surface area (TPSA) is 72.2 Å². The second-order valence-corrected chi connectivity index (χ2v) is 7.05. The Kier molecular flexibility index (Phi) is 4.19. The first-order chi connectivity index (χ1) is 9.31. The van der Waals surface area contributed by atoms with Gasteiger partial charge in [0.05, 0.1) is 10.6 Å².